The molecule has 3 aliphatic rings. The highest BCUT2D eigenvalue weighted by Crippen LogP contribution is 2.63. The second-order valence-corrected chi connectivity index (χ2v) is 14.9. The fraction of sp³-hybridized carbons (Fsp3) is 0.500. The lowest BCUT2D eigenvalue weighted by Gasteiger charge is -2.56. The van der Waals surface area contributed by atoms with E-state index in [9.17, 15) is 20.1 Å². The van der Waals surface area contributed by atoms with Crippen LogP contribution in [-0.4, -0.2) is 19.6 Å². The predicted octanol–water partition coefficient (Wildman–Crippen LogP) is 4.29. The van der Waals surface area contributed by atoms with Gasteiger partial charge >= 0.3 is 0 Å². The van der Waals surface area contributed by atoms with Crippen molar-refractivity contribution in [1.82, 2.24) is 0 Å². The molecule has 5 heteroatoms. The summed E-state index contributed by atoms with van der Waals surface area (Å²) in [6, 6.07) is 4.09. The van der Waals surface area contributed by atoms with Gasteiger partial charge in [-0.05, 0) is 36.5 Å². The molecule has 0 aromatic carbocycles. The Hall–Kier alpha value is -2.68. The summed E-state index contributed by atoms with van der Waals surface area (Å²) in [5, 5.41) is 19.1. The molecule has 1 saturated carbocycles. The highest BCUT2D eigenvalue weighted by atomic mass is 28.3. The van der Waals surface area contributed by atoms with Crippen molar-refractivity contribution >= 4 is 19.6 Å². The summed E-state index contributed by atoms with van der Waals surface area (Å²) in [4.78, 5) is 25.5. The minimum absolute atomic E-state index is 0.0440. The van der Waals surface area contributed by atoms with E-state index in [1.165, 1.54) is 0 Å². The molecule has 0 heterocycles. The van der Waals surface area contributed by atoms with Crippen LogP contribution < -0.4 is 0 Å². The Labute approximate surface area is 174 Å². The predicted molar refractivity (Wildman–Crippen MR) is 114 cm³/mol. The number of nitriles is 2. The Bertz CT molecular complexity index is 1060. The van der Waals surface area contributed by atoms with Gasteiger partial charge in [-0.3, -0.25) is 9.59 Å². The van der Waals surface area contributed by atoms with Crippen LogP contribution in [0.25, 0.3) is 0 Å². The van der Waals surface area contributed by atoms with Crippen LogP contribution in [0.2, 0.25) is 19.6 Å². The van der Waals surface area contributed by atoms with Gasteiger partial charge in [0.25, 0.3) is 0 Å². The van der Waals surface area contributed by atoms with E-state index in [4.69, 9.17) is 0 Å². The first-order chi connectivity index (χ1) is 13.3. The molecule has 0 aliphatic heterocycles. The molecule has 3 aliphatic carbocycles. The van der Waals surface area contributed by atoms with Gasteiger partial charge in [0.1, 0.15) is 20.2 Å². The molecule has 4 nitrogen and oxygen atoms in total. The van der Waals surface area contributed by atoms with Crippen LogP contribution in [0.15, 0.2) is 34.9 Å². The van der Waals surface area contributed by atoms with E-state index in [1.807, 2.05) is 26.8 Å². The number of nitrogens with zero attached hydrogens (tertiary/aromatic N) is 2. The number of fused-ring (bicyclic) bond motifs is 3. The van der Waals surface area contributed by atoms with E-state index >= 15 is 0 Å². The van der Waals surface area contributed by atoms with E-state index in [0.717, 1.165) is 12.0 Å². The fourth-order valence-electron chi connectivity index (χ4n) is 5.23. The average molecular weight is 403 g/mol. The van der Waals surface area contributed by atoms with Gasteiger partial charge in [0.2, 0.25) is 0 Å². The molecule has 0 N–H and O–H groups in total. The third kappa shape index (κ3) is 3.13. The van der Waals surface area contributed by atoms with Crippen molar-refractivity contribution in [3.05, 3.63) is 34.9 Å². The van der Waals surface area contributed by atoms with Crippen molar-refractivity contribution in [2.24, 2.45) is 22.2 Å². The van der Waals surface area contributed by atoms with E-state index in [0.29, 0.717) is 6.42 Å². The number of allylic oxidation sites excluding steroid dienone is 6. The zero-order valence-electron chi connectivity index (χ0n) is 17.9. The third-order valence-corrected chi connectivity index (χ3v) is 7.47. The first-order valence-corrected chi connectivity index (χ1v) is 13.4. The fourth-order valence-corrected chi connectivity index (χ4v) is 5.83. The summed E-state index contributed by atoms with van der Waals surface area (Å²) in [7, 11) is -1.71. The maximum absolute atomic E-state index is 12.9. The standard InChI is InChI=1S/C24H26N2O2Si/c1-22(2)19-7-8-24(9-10-29(4,5)6)13-16(14-25)18(27)11-20(24)23(19,3)12-17(15-26)21(22)28/h11-13,19H,7-8H2,1-6H3/t19-,23-,24?/m0/s1. The Balaban J connectivity index is 2.32. The van der Waals surface area contributed by atoms with Crippen molar-refractivity contribution in [2.45, 2.75) is 53.3 Å². The van der Waals surface area contributed by atoms with Gasteiger partial charge in [-0.25, -0.2) is 0 Å². The molecule has 0 spiro atoms. The summed E-state index contributed by atoms with van der Waals surface area (Å²) in [5.41, 5.74) is 2.45. The maximum atomic E-state index is 12.9. The Morgan fingerprint density at radius 1 is 1.03 bits per heavy atom. The van der Waals surface area contributed by atoms with Gasteiger partial charge in [-0.2, -0.15) is 10.5 Å². The van der Waals surface area contributed by atoms with Gasteiger partial charge in [-0.15, -0.1) is 5.54 Å². The van der Waals surface area contributed by atoms with E-state index in [1.54, 1.807) is 18.2 Å². The molecule has 29 heavy (non-hydrogen) atoms. The van der Waals surface area contributed by atoms with Crippen LogP contribution >= 0.6 is 0 Å². The van der Waals surface area contributed by atoms with Gasteiger partial charge in [0.05, 0.1) is 16.6 Å². The summed E-state index contributed by atoms with van der Waals surface area (Å²) in [6.07, 6.45) is 6.43. The summed E-state index contributed by atoms with van der Waals surface area (Å²) in [6.45, 7) is 12.3. The molecule has 0 saturated heterocycles. The highest BCUT2D eigenvalue weighted by molar-refractivity contribution is 6.83. The van der Waals surface area contributed by atoms with Gasteiger partial charge < -0.3 is 0 Å². The van der Waals surface area contributed by atoms with E-state index < -0.39 is 24.3 Å². The van der Waals surface area contributed by atoms with Crippen molar-refractivity contribution in [3.8, 4) is 23.6 Å². The quantitative estimate of drug-likeness (QED) is 0.447. The number of ketones is 2. The molecule has 0 radical (unpaired) electrons. The summed E-state index contributed by atoms with van der Waals surface area (Å²) in [5.74, 6) is 2.95. The molecule has 3 atom stereocenters. The molecule has 3 rings (SSSR count). The summed E-state index contributed by atoms with van der Waals surface area (Å²) >= 11 is 0. The van der Waals surface area contributed by atoms with Crippen molar-refractivity contribution in [1.29, 1.82) is 10.5 Å². The second kappa shape index (κ2) is 6.41. The largest absolute Gasteiger partial charge is 0.293 e. The monoisotopic (exact) mass is 402 g/mol. The van der Waals surface area contributed by atoms with Crippen LogP contribution in [0.1, 0.15) is 33.6 Å². The van der Waals surface area contributed by atoms with Crippen LogP contribution in [0.4, 0.5) is 0 Å². The molecule has 0 aromatic rings. The van der Waals surface area contributed by atoms with Crippen LogP contribution in [-0.2, 0) is 9.59 Å². The first-order valence-electron chi connectivity index (χ1n) is 9.93. The molecule has 1 fully saturated rings. The Kier molecular flexibility index (Phi) is 4.65. The minimum Gasteiger partial charge on any atom is -0.293 e. The van der Waals surface area contributed by atoms with Gasteiger partial charge in [0.15, 0.2) is 11.6 Å². The van der Waals surface area contributed by atoms with Gasteiger partial charge in [0, 0.05) is 10.8 Å². The Morgan fingerprint density at radius 2 is 1.66 bits per heavy atom. The number of hydrogen-bond donors (Lipinski definition) is 0. The van der Waals surface area contributed by atoms with Crippen molar-refractivity contribution in [2.75, 3.05) is 0 Å². The first kappa shape index (κ1) is 21.0. The number of carbonyl (C=O) groups excluding carboxylic acids is 2. The molecular weight excluding hydrogens is 376 g/mol. The smallest absolute Gasteiger partial charge is 0.196 e. The van der Waals surface area contributed by atoms with E-state index in [2.05, 4.69) is 37.2 Å². The van der Waals surface area contributed by atoms with Crippen LogP contribution in [0, 0.1) is 56.3 Å². The lowest BCUT2D eigenvalue weighted by atomic mass is 9.45. The average Bonchev–Trinajstić information content (AvgIpc) is 2.63. The minimum atomic E-state index is -1.71. The molecule has 0 bridgehead atoms. The normalized spacial score (nSPS) is 32.8. The van der Waals surface area contributed by atoms with Crippen molar-refractivity contribution in [3.63, 3.8) is 0 Å². The van der Waals surface area contributed by atoms with Crippen LogP contribution in [0.5, 0.6) is 0 Å². The zero-order chi connectivity index (χ0) is 21.8. The molecule has 148 valence electrons. The number of hydrogen-bond acceptors (Lipinski definition) is 4. The highest BCUT2D eigenvalue weighted by Gasteiger charge is 2.59. The summed E-state index contributed by atoms with van der Waals surface area (Å²) < 4.78 is 0. The lowest BCUT2D eigenvalue weighted by Crippen LogP contribution is -2.53. The molecule has 0 amide bonds. The lowest BCUT2D eigenvalue weighted by molar-refractivity contribution is -0.130. The zero-order valence-corrected chi connectivity index (χ0v) is 18.9. The Morgan fingerprint density at radius 3 is 2.21 bits per heavy atom. The third-order valence-electron chi connectivity index (χ3n) is 6.59. The molecule has 1 unspecified atom stereocenters. The SMILES string of the molecule is CC1(C)C(=O)C(C#N)=C[C@]2(C)C3=CC(=O)C(C#N)=CC3(C#C[Si](C)(C)C)CC[C@@H]12. The van der Waals surface area contributed by atoms with Gasteiger partial charge in [-0.1, -0.05) is 52.4 Å². The number of carbonyl (C=O) groups is 2. The molecule has 0 aromatic heterocycles. The maximum Gasteiger partial charge on any atom is 0.196 e. The molecular formula is C24H26N2O2Si. The van der Waals surface area contributed by atoms with Crippen LogP contribution in [0.3, 0.4) is 0 Å². The topological polar surface area (TPSA) is 81.7 Å². The van der Waals surface area contributed by atoms with E-state index in [-0.39, 0.29) is 28.6 Å². The van der Waals surface area contributed by atoms with Crippen molar-refractivity contribution < 1.29 is 9.59 Å². The number of Topliss-reactive ketones (excluding diaryl/α,β-unsaturated/α-hetero) is 1. The number of rotatable bonds is 0. The second-order valence-electron chi connectivity index (χ2n) is 10.2.